The number of phosphoric ester groups is 1. The summed E-state index contributed by atoms with van der Waals surface area (Å²) in [5, 5.41) is 0. The van der Waals surface area contributed by atoms with Crippen molar-refractivity contribution in [2.75, 3.05) is 54.1 Å². The first-order chi connectivity index (χ1) is 29.1. The molecule has 2 unspecified atom stereocenters. The Bertz CT molecular complexity index is 1060. The van der Waals surface area contributed by atoms with Crippen LogP contribution in [0.15, 0.2) is 36.5 Å². The topological polar surface area (TPSA) is 91.3 Å². The minimum Gasteiger partial charge on any atom is -0.457 e. The highest BCUT2D eigenvalue weighted by Gasteiger charge is 2.26. The molecule has 2 atom stereocenters. The Morgan fingerprint density at radius 2 is 0.917 bits per heavy atom. The van der Waals surface area contributed by atoms with Crippen LogP contribution in [-0.4, -0.2) is 75.6 Å². The van der Waals surface area contributed by atoms with E-state index in [1.54, 1.807) is 0 Å². The molecular formula is C51H99NO7P+. The third kappa shape index (κ3) is 47.8. The van der Waals surface area contributed by atoms with E-state index in [0.29, 0.717) is 24.1 Å². The third-order valence-corrected chi connectivity index (χ3v) is 11.9. The van der Waals surface area contributed by atoms with Gasteiger partial charge in [0.15, 0.2) is 0 Å². The van der Waals surface area contributed by atoms with Gasteiger partial charge >= 0.3 is 13.8 Å². The molecule has 0 fully saturated rings. The van der Waals surface area contributed by atoms with Crippen molar-refractivity contribution >= 4 is 13.8 Å². The highest BCUT2D eigenvalue weighted by Crippen LogP contribution is 2.43. The first-order valence-electron chi connectivity index (χ1n) is 25.2. The van der Waals surface area contributed by atoms with Crippen LogP contribution in [0.3, 0.4) is 0 Å². The van der Waals surface area contributed by atoms with E-state index in [9.17, 15) is 14.3 Å². The second kappa shape index (κ2) is 44.3. The van der Waals surface area contributed by atoms with Gasteiger partial charge in [0, 0.05) is 13.0 Å². The van der Waals surface area contributed by atoms with E-state index in [-0.39, 0.29) is 25.8 Å². The number of allylic oxidation sites excluding steroid dienone is 6. The van der Waals surface area contributed by atoms with Crippen molar-refractivity contribution in [2.24, 2.45) is 0 Å². The summed E-state index contributed by atoms with van der Waals surface area (Å²) in [6.07, 6.45) is 53.2. The molecule has 0 aromatic rings. The number of rotatable bonds is 47. The minimum absolute atomic E-state index is 0.0868. The average molecular weight is 869 g/mol. The zero-order valence-electron chi connectivity index (χ0n) is 40.2. The Hall–Kier alpha value is -1.28. The van der Waals surface area contributed by atoms with E-state index in [4.69, 9.17) is 18.5 Å². The van der Waals surface area contributed by atoms with Gasteiger partial charge in [-0.15, -0.1) is 0 Å². The number of hydrogen-bond acceptors (Lipinski definition) is 6. The molecule has 0 aliphatic heterocycles. The fourth-order valence-electron chi connectivity index (χ4n) is 6.99. The monoisotopic (exact) mass is 869 g/mol. The maximum absolute atomic E-state index is 12.8. The van der Waals surface area contributed by atoms with Gasteiger partial charge in [0.1, 0.15) is 19.3 Å². The average Bonchev–Trinajstić information content (AvgIpc) is 3.20. The van der Waals surface area contributed by atoms with Crippen LogP contribution < -0.4 is 0 Å². The lowest BCUT2D eigenvalue weighted by molar-refractivity contribution is -0.870. The molecule has 0 aromatic heterocycles. The third-order valence-electron chi connectivity index (χ3n) is 10.9. The van der Waals surface area contributed by atoms with Gasteiger partial charge in [-0.2, -0.15) is 0 Å². The summed E-state index contributed by atoms with van der Waals surface area (Å²) in [6.45, 7) is 5.62. The Morgan fingerprint density at radius 3 is 1.37 bits per heavy atom. The highest BCUT2D eigenvalue weighted by molar-refractivity contribution is 7.47. The van der Waals surface area contributed by atoms with Crippen molar-refractivity contribution in [3.05, 3.63) is 36.5 Å². The Kier molecular flexibility index (Phi) is 43.4. The number of carbonyl (C=O) groups is 1. The van der Waals surface area contributed by atoms with Crippen molar-refractivity contribution < 1.29 is 37.3 Å². The molecule has 0 amide bonds. The van der Waals surface area contributed by atoms with Crippen molar-refractivity contribution in [3.8, 4) is 0 Å². The number of ether oxygens (including phenoxy) is 2. The first-order valence-corrected chi connectivity index (χ1v) is 26.7. The lowest BCUT2D eigenvalue weighted by Crippen LogP contribution is -2.37. The molecule has 0 heterocycles. The number of hydrogen-bond donors (Lipinski definition) is 1. The van der Waals surface area contributed by atoms with Gasteiger partial charge < -0.3 is 18.9 Å². The number of nitrogens with zero attached hydrogens (tertiary/aromatic N) is 1. The maximum Gasteiger partial charge on any atom is 0.472 e. The van der Waals surface area contributed by atoms with Gasteiger partial charge in [-0.3, -0.25) is 13.8 Å². The minimum atomic E-state index is -4.28. The molecule has 0 spiro atoms. The fourth-order valence-corrected chi connectivity index (χ4v) is 7.73. The zero-order valence-corrected chi connectivity index (χ0v) is 41.1. The molecule has 0 rings (SSSR count). The van der Waals surface area contributed by atoms with Gasteiger partial charge in [0.25, 0.3) is 0 Å². The number of carbonyl (C=O) groups excluding carboxylic acids is 1. The summed E-state index contributed by atoms with van der Waals surface area (Å²) < 4.78 is 35.1. The molecule has 0 saturated heterocycles. The zero-order chi connectivity index (χ0) is 44.1. The molecule has 0 aliphatic carbocycles. The van der Waals surface area contributed by atoms with Crippen LogP contribution in [0.5, 0.6) is 0 Å². The van der Waals surface area contributed by atoms with Crippen LogP contribution in [0.25, 0.3) is 0 Å². The molecule has 9 heteroatoms. The smallest absolute Gasteiger partial charge is 0.457 e. The van der Waals surface area contributed by atoms with E-state index in [1.807, 2.05) is 21.1 Å². The summed E-state index contributed by atoms with van der Waals surface area (Å²) in [7, 11) is 1.66. The molecule has 0 bridgehead atoms. The molecule has 8 nitrogen and oxygen atoms in total. The van der Waals surface area contributed by atoms with E-state index >= 15 is 0 Å². The van der Waals surface area contributed by atoms with Crippen LogP contribution >= 0.6 is 7.82 Å². The van der Waals surface area contributed by atoms with Gasteiger partial charge in [0.2, 0.25) is 0 Å². The summed E-state index contributed by atoms with van der Waals surface area (Å²) >= 11 is 0. The first kappa shape index (κ1) is 58.7. The van der Waals surface area contributed by atoms with Crippen molar-refractivity contribution in [1.82, 2.24) is 0 Å². The molecule has 354 valence electrons. The molecule has 0 aliphatic rings. The molecule has 0 radical (unpaired) electrons. The maximum atomic E-state index is 12.8. The molecular weight excluding hydrogens is 770 g/mol. The van der Waals surface area contributed by atoms with Gasteiger partial charge in [-0.05, 0) is 70.6 Å². The number of unbranched alkanes of at least 4 members (excludes halogenated alkanes) is 27. The van der Waals surface area contributed by atoms with E-state index in [2.05, 4.69) is 50.3 Å². The number of likely N-dealkylation sites (N-methyl/N-ethyl adjacent to an activating group) is 1. The molecule has 0 saturated carbocycles. The fraction of sp³-hybridized carbons (Fsp3) is 0.863. The number of esters is 1. The predicted octanol–water partition coefficient (Wildman–Crippen LogP) is 15.3. The van der Waals surface area contributed by atoms with Crippen molar-refractivity contribution in [2.45, 2.75) is 232 Å². The Morgan fingerprint density at radius 1 is 0.517 bits per heavy atom. The van der Waals surface area contributed by atoms with Crippen LogP contribution in [0.4, 0.5) is 0 Å². The van der Waals surface area contributed by atoms with Crippen molar-refractivity contribution in [3.63, 3.8) is 0 Å². The largest absolute Gasteiger partial charge is 0.472 e. The normalized spacial score (nSPS) is 13.9. The van der Waals surface area contributed by atoms with Crippen LogP contribution in [0, 0.1) is 0 Å². The molecule has 1 N–H and O–H groups in total. The summed E-state index contributed by atoms with van der Waals surface area (Å²) in [6, 6.07) is 0. The summed E-state index contributed by atoms with van der Waals surface area (Å²) in [5.74, 6) is -0.318. The molecule has 60 heavy (non-hydrogen) atoms. The van der Waals surface area contributed by atoms with Gasteiger partial charge in [-0.1, -0.05) is 185 Å². The van der Waals surface area contributed by atoms with E-state index in [1.165, 1.54) is 167 Å². The van der Waals surface area contributed by atoms with Gasteiger partial charge in [-0.25, -0.2) is 4.57 Å². The Labute approximate surface area is 372 Å². The Balaban J connectivity index is 4.16. The quantitative estimate of drug-likeness (QED) is 0.0214. The van der Waals surface area contributed by atoms with Gasteiger partial charge in [0.05, 0.1) is 34.4 Å². The number of quaternary nitrogens is 1. The summed E-state index contributed by atoms with van der Waals surface area (Å²) in [4.78, 5) is 23.0. The van der Waals surface area contributed by atoms with Crippen LogP contribution in [-0.2, 0) is 27.9 Å². The second-order valence-electron chi connectivity index (χ2n) is 18.2. The predicted molar refractivity (Wildman–Crippen MR) is 256 cm³/mol. The standard InChI is InChI=1S/C51H98NO7P/c1-6-8-10-12-14-16-18-20-22-24-25-26-27-28-30-32-34-36-38-40-42-44-51(53)59-50(49-58-60(54,55)57-47-45-52(3,4)5)48-56-46-43-41-39-37-35-33-31-29-23-21-19-17-15-13-11-9-7-2/h18,20,23-25,29,50H,6-17,19,21-22,26-28,30-49H2,1-5H3/p+1/b20-18-,25-24-,29-23-. The van der Waals surface area contributed by atoms with E-state index < -0.39 is 13.9 Å². The SMILES string of the molecule is CCCCCCC/C=C\C/C=C\CCCCCCCCCCCC(=O)OC(COCCCCCCCC/C=C\CCCCCCCCC)COP(=O)(O)OCC[N+](C)(C)C. The van der Waals surface area contributed by atoms with Crippen molar-refractivity contribution in [1.29, 1.82) is 0 Å². The van der Waals surface area contributed by atoms with Crippen LogP contribution in [0.1, 0.15) is 226 Å². The van der Waals surface area contributed by atoms with Crippen LogP contribution in [0.2, 0.25) is 0 Å². The highest BCUT2D eigenvalue weighted by atomic mass is 31.2. The summed E-state index contributed by atoms with van der Waals surface area (Å²) in [5.41, 5.74) is 0. The molecule has 0 aromatic carbocycles. The van der Waals surface area contributed by atoms with E-state index in [0.717, 1.165) is 38.5 Å². The lowest BCUT2D eigenvalue weighted by Gasteiger charge is -2.24. The lowest BCUT2D eigenvalue weighted by atomic mass is 10.1. The second-order valence-corrected chi connectivity index (χ2v) is 19.6. The number of phosphoric acid groups is 1.